The maximum atomic E-state index is 13.2. The standard InChI is InChI=1S/C23H20FN3OS2/c1-15-26-20(14-29-15)21-12-11-19(30-21)13-25-22(16-5-3-2-4-6-16)23(28)27-18-9-7-17(24)8-10-18/h2-12,14,22,25H,13H2,1H3,(H,27,28). The number of rotatable bonds is 7. The summed E-state index contributed by atoms with van der Waals surface area (Å²) >= 11 is 3.30. The van der Waals surface area contributed by atoms with E-state index >= 15 is 0 Å². The van der Waals surface area contributed by atoms with E-state index in [1.54, 1.807) is 34.8 Å². The third kappa shape index (κ3) is 4.99. The molecule has 152 valence electrons. The highest BCUT2D eigenvalue weighted by Crippen LogP contribution is 2.29. The van der Waals surface area contributed by atoms with Crippen molar-refractivity contribution in [2.45, 2.75) is 19.5 Å². The third-order valence-corrected chi connectivity index (χ3v) is 6.40. The molecule has 0 radical (unpaired) electrons. The summed E-state index contributed by atoms with van der Waals surface area (Å²) in [6.45, 7) is 2.54. The predicted octanol–water partition coefficient (Wildman–Crippen LogP) is 5.79. The number of nitrogens with zero attached hydrogens (tertiary/aromatic N) is 1. The molecule has 0 fully saturated rings. The van der Waals surface area contributed by atoms with Gasteiger partial charge in [0.05, 0.1) is 15.6 Å². The van der Waals surface area contributed by atoms with Crippen LogP contribution in [0.4, 0.5) is 10.1 Å². The Morgan fingerprint density at radius 3 is 2.53 bits per heavy atom. The van der Waals surface area contributed by atoms with Gasteiger partial charge in [0.25, 0.3) is 0 Å². The van der Waals surface area contributed by atoms with Gasteiger partial charge in [0.2, 0.25) is 5.91 Å². The molecule has 2 N–H and O–H groups in total. The Hall–Kier alpha value is -2.87. The predicted molar refractivity (Wildman–Crippen MR) is 121 cm³/mol. The minimum Gasteiger partial charge on any atom is -0.324 e. The Balaban J connectivity index is 1.48. The van der Waals surface area contributed by atoms with Crippen molar-refractivity contribution < 1.29 is 9.18 Å². The number of carbonyl (C=O) groups is 1. The van der Waals surface area contributed by atoms with Crippen molar-refractivity contribution in [3.05, 3.63) is 93.4 Å². The van der Waals surface area contributed by atoms with Crippen LogP contribution in [0.15, 0.2) is 72.1 Å². The highest BCUT2D eigenvalue weighted by Gasteiger charge is 2.20. The summed E-state index contributed by atoms with van der Waals surface area (Å²) in [5.74, 6) is -0.533. The second-order valence-electron chi connectivity index (χ2n) is 6.74. The second-order valence-corrected chi connectivity index (χ2v) is 8.97. The van der Waals surface area contributed by atoms with Crippen LogP contribution in [0.5, 0.6) is 0 Å². The fourth-order valence-corrected chi connectivity index (χ4v) is 4.65. The lowest BCUT2D eigenvalue weighted by Gasteiger charge is -2.18. The first kappa shape index (κ1) is 20.4. The summed E-state index contributed by atoms with van der Waals surface area (Å²) in [5, 5.41) is 9.32. The van der Waals surface area contributed by atoms with E-state index in [-0.39, 0.29) is 11.7 Å². The molecule has 2 aromatic heterocycles. The number of hydrogen-bond donors (Lipinski definition) is 2. The summed E-state index contributed by atoms with van der Waals surface area (Å²) < 4.78 is 13.2. The van der Waals surface area contributed by atoms with Crippen LogP contribution >= 0.6 is 22.7 Å². The van der Waals surface area contributed by atoms with Crippen LogP contribution in [-0.2, 0) is 11.3 Å². The lowest BCUT2D eigenvalue weighted by atomic mass is 10.1. The largest absolute Gasteiger partial charge is 0.324 e. The van der Waals surface area contributed by atoms with Crippen molar-refractivity contribution in [2.24, 2.45) is 0 Å². The first-order valence-corrected chi connectivity index (χ1v) is 11.1. The number of anilines is 1. The van der Waals surface area contributed by atoms with Gasteiger partial charge in [-0.3, -0.25) is 10.1 Å². The molecule has 0 spiro atoms. The minimum atomic E-state index is -0.539. The Bertz CT molecular complexity index is 1120. The van der Waals surface area contributed by atoms with Gasteiger partial charge in [-0.25, -0.2) is 9.37 Å². The number of thiophene rings is 1. The number of benzene rings is 2. The Labute approximate surface area is 182 Å². The van der Waals surface area contributed by atoms with E-state index in [0.29, 0.717) is 12.2 Å². The van der Waals surface area contributed by atoms with Gasteiger partial charge in [-0.1, -0.05) is 30.3 Å². The number of halogens is 1. The topological polar surface area (TPSA) is 54.0 Å². The van der Waals surface area contributed by atoms with Gasteiger partial charge in [-0.05, 0) is 48.9 Å². The van der Waals surface area contributed by atoms with Crippen molar-refractivity contribution in [3.8, 4) is 10.6 Å². The summed E-state index contributed by atoms with van der Waals surface area (Å²) in [6, 6.07) is 18.9. The lowest BCUT2D eigenvalue weighted by Crippen LogP contribution is -2.32. The molecule has 0 aliphatic carbocycles. The van der Waals surface area contributed by atoms with Crippen LogP contribution in [0.1, 0.15) is 21.5 Å². The fourth-order valence-electron chi connectivity index (χ4n) is 3.04. The summed E-state index contributed by atoms with van der Waals surface area (Å²) in [4.78, 5) is 19.7. The molecule has 0 saturated carbocycles. The molecular weight excluding hydrogens is 417 g/mol. The molecule has 0 bridgehead atoms. The van der Waals surface area contributed by atoms with E-state index in [4.69, 9.17) is 0 Å². The minimum absolute atomic E-state index is 0.195. The molecule has 4 aromatic rings. The van der Waals surface area contributed by atoms with E-state index in [1.807, 2.05) is 37.3 Å². The fraction of sp³-hybridized carbons (Fsp3) is 0.130. The number of thiazole rings is 1. The first-order chi connectivity index (χ1) is 14.6. The third-order valence-electron chi connectivity index (χ3n) is 4.52. The highest BCUT2D eigenvalue weighted by atomic mass is 32.1. The van der Waals surface area contributed by atoms with Gasteiger partial charge in [0.1, 0.15) is 11.9 Å². The van der Waals surface area contributed by atoms with Crippen molar-refractivity contribution in [3.63, 3.8) is 0 Å². The van der Waals surface area contributed by atoms with Gasteiger partial charge in [-0.2, -0.15) is 0 Å². The van der Waals surface area contributed by atoms with Gasteiger partial charge >= 0.3 is 0 Å². The number of aromatic nitrogens is 1. The molecule has 4 nitrogen and oxygen atoms in total. The Morgan fingerprint density at radius 2 is 1.83 bits per heavy atom. The zero-order chi connectivity index (χ0) is 20.9. The highest BCUT2D eigenvalue weighted by molar-refractivity contribution is 7.16. The van der Waals surface area contributed by atoms with Crippen molar-refractivity contribution in [1.29, 1.82) is 0 Å². The van der Waals surface area contributed by atoms with Crippen molar-refractivity contribution >= 4 is 34.3 Å². The number of aryl methyl sites for hydroxylation is 1. The lowest BCUT2D eigenvalue weighted by molar-refractivity contribution is -0.118. The van der Waals surface area contributed by atoms with Crippen LogP contribution in [0.2, 0.25) is 0 Å². The molecule has 0 aliphatic heterocycles. The molecule has 1 amide bonds. The maximum absolute atomic E-state index is 13.2. The van der Waals surface area contributed by atoms with Gasteiger partial charge in [-0.15, -0.1) is 22.7 Å². The Morgan fingerprint density at radius 1 is 1.07 bits per heavy atom. The zero-order valence-corrected chi connectivity index (χ0v) is 17.9. The number of amides is 1. The molecule has 2 aromatic carbocycles. The van der Waals surface area contributed by atoms with Gasteiger partial charge in [0.15, 0.2) is 0 Å². The molecule has 2 heterocycles. The SMILES string of the molecule is Cc1nc(-c2ccc(CNC(C(=O)Nc3ccc(F)cc3)c3ccccc3)s2)cs1. The molecule has 1 unspecified atom stereocenters. The summed E-state index contributed by atoms with van der Waals surface area (Å²) in [5.41, 5.74) is 2.41. The average Bonchev–Trinajstić information content (AvgIpc) is 3.40. The van der Waals surface area contributed by atoms with Crippen LogP contribution in [0.25, 0.3) is 10.6 Å². The quantitative estimate of drug-likeness (QED) is 0.385. The monoisotopic (exact) mass is 437 g/mol. The molecule has 0 saturated heterocycles. The van der Waals surface area contributed by atoms with Crippen molar-refractivity contribution in [2.75, 3.05) is 5.32 Å². The summed E-state index contributed by atoms with van der Waals surface area (Å²) in [6.07, 6.45) is 0. The van der Waals surface area contributed by atoms with Crippen LogP contribution in [0.3, 0.4) is 0 Å². The molecule has 4 rings (SSSR count). The molecule has 7 heteroatoms. The van der Waals surface area contributed by atoms with E-state index < -0.39 is 6.04 Å². The molecule has 1 atom stereocenters. The number of hydrogen-bond acceptors (Lipinski definition) is 5. The van der Waals surface area contributed by atoms with Gasteiger partial charge in [0, 0.05) is 22.5 Å². The van der Waals surface area contributed by atoms with E-state index in [0.717, 1.165) is 26.0 Å². The zero-order valence-electron chi connectivity index (χ0n) is 16.3. The Kier molecular flexibility index (Phi) is 6.32. The summed E-state index contributed by atoms with van der Waals surface area (Å²) in [7, 11) is 0. The molecular formula is C23H20FN3OS2. The van der Waals surface area contributed by atoms with Crippen LogP contribution in [-0.4, -0.2) is 10.9 Å². The smallest absolute Gasteiger partial charge is 0.246 e. The van der Waals surface area contributed by atoms with Gasteiger partial charge < -0.3 is 5.32 Å². The first-order valence-electron chi connectivity index (χ1n) is 9.44. The molecule has 0 aliphatic rings. The van der Waals surface area contributed by atoms with E-state index in [1.165, 1.54) is 12.1 Å². The normalized spacial score (nSPS) is 11.9. The van der Waals surface area contributed by atoms with Crippen molar-refractivity contribution in [1.82, 2.24) is 10.3 Å². The molecule has 30 heavy (non-hydrogen) atoms. The van der Waals surface area contributed by atoms with E-state index in [2.05, 4.69) is 33.1 Å². The number of nitrogens with one attached hydrogen (secondary N) is 2. The maximum Gasteiger partial charge on any atom is 0.246 e. The van der Waals surface area contributed by atoms with Crippen LogP contribution in [0, 0.1) is 12.7 Å². The van der Waals surface area contributed by atoms with E-state index in [9.17, 15) is 9.18 Å². The average molecular weight is 438 g/mol. The number of carbonyl (C=O) groups excluding carboxylic acids is 1. The second kappa shape index (κ2) is 9.30. The van der Waals surface area contributed by atoms with Crippen LogP contribution < -0.4 is 10.6 Å².